The summed E-state index contributed by atoms with van der Waals surface area (Å²) in [6, 6.07) is 6.93. The summed E-state index contributed by atoms with van der Waals surface area (Å²) in [5.41, 5.74) is 1.26. The van der Waals surface area contributed by atoms with Gasteiger partial charge in [-0.1, -0.05) is 15.9 Å². The van der Waals surface area contributed by atoms with Crippen molar-refractivity contribution in [1.82, 2.24) is 5.32 Å². The van der Waals surface area contributed by atoms with Crippen LogP contribution in [0.2, 0.25) is 0 Å². The second-order valence-corrected chi connectivity index (χ2v) is 6.72. The predicted octanol–water partition coefficient (Wildman–Crippen LogP) is 3.65. The molecule has 1 saturated carbocycles. The Kier molecular flexibility index (Phi) is 4.64. The molecule has 1 N–H and O–H groups in total. The highest BCUT2D eigenvalue weighted by Crippen LogP contribution is 2.26. The van der Waals surface area contributed by atoms with E-state index < -0.39 is 0 Å². The van der Waals surface area contributed by atoms with Gasteiger partial charge in [-0.05, 0) is 56.4 Å². The van der Waals surface area contributed by atoms with E-state index in [4.69, 9.17) is 9.47 Å². The molecular weight excluding hydrogens is 318 g/mol. The highest BCUT2D eigenvalue weighted by molar-refractivity contribution is 9.10. The number of benzene rings is 1. The molecule has 1 saturated heterocycles. The van der Waals surface area contributed by atoms with Gasteiger partial charge in [0.1, 0.15) is 12.4 Å². The second-order valence-electron chi connectivity index (χ2n) is 5.87. The highest BCUT2D eigenvalue weighted by atomic mass is 79.9. The lowest BCUT2D eigenvalue weighted by atomic mass is 10.2. The zero-order valence-electron chi connectivity index (χ0n) is 11.9. The third kappa shape index (κ3) is 3.96. The van der Waals surface area contributed by atoms with Crippen LogP contribution in [-0.4, -0.2) is 24.9 Å². The molecule has 110 valence electrons. The smallest absolute Gasteiger partial charge is 0.119 e. The predicted molar refractivity (Wildman–Crippen MR) is 83.1 cm³/mol. The van der Waals surface area contributed by atoms with Gasteiger partial charge in [0.25, 0.3) is 0 Å². The Morgan fingerprint density at radius 3 is 2.85 bits per heavy atom. The average Bonchev–Trinajstić information content (AvgIpc) is 3.18. The first-order valence-corrected chi connectivity index (χ1v) is 8.30. The van der Waals surface area contributed by atoms with Crippen LogP contribution in [0.3, 0.4) is 0 Å². The Morgan fingerprint density at radius 2 is 2.15 bits per heavy atom. The normalized spacial score (nSPS) is 25.9. The van der Waals surface area contributed by atoms with Crippen molar-refractivity contribution in [3.05, 3.63) is 28.2 Å². The molecular formula is C16H22BrNO2. The molecule has 0 radical (unpaired) electrons. The lowest BCUT2D eigenvalue weighted by Gasteiger charge is -2.14. The SMILES string of the molecule is CC1CCC(COc2ccc(Br)c(CNC3CC3)c2)O1. The molecule has 0 bridgehead atoms. The minimum Gasteiger partial charge on any atom is -0.491 e. The van der Waals surface area contributed by atoms with Crippen molar-refractivity contribution in [1.29, 1.82) is 0 Å². The molecule has 2 aliphatic rings. The molecule has 1 aliphatic heterocycles. The summed E-state index contributed by atoms with van der Waals surface area (Å²) in [5, 5.41) is 3.53. The maximum atomic E-state index is 5.88. The van der Waals surface area contributed by atoms with E-state index in [-0.39, 0.29) is 6.10 Å². The van der Waals surface area contributed by atoms with Crippen LogP contribution < -0.4 is 10.1 Å². The summed E-state index contributed by atoms with van der Waals surface area (Å²) in [7, 11) is 0. The maximum absolute atomic E-state index is 5.88. The third-order valence-electron chi connectivity index (χ3n) is 3.93. The van der Waals surface area contributed by atoms with Crippen molar-refractivity contribution < 1.29 is 9.47 Å². The molecule has 0 amide bonds. The van der Waals surface area contributed by atoms with Crippen molar-refractivity contribution in [3.8, 4) is 5.75 Å². The number of hydrogen-bond acceptors (Lipinski definition) is 3. The Hall–Kier alpha value is -0.580. The van der Waals surface area contributed by atoms with E-state index >= 15 is 0 Å². The zero-order chi connectivity index (χ0) is 13.9. The van der Waals surface area contributed by atoms with Gasteiger partial charge >= 0.3 is 0 Å². The van der Waals surface area contributed by atoms with Gasteiger partial charge in [-0.25, -0.2) is 0 Å². The van der Waals surface area contributed by atoms with E-state index in [0.717, 1.165) is 35.7 Å². The summed E-state index contributed by atoms with van der Waals surface area (Å²) >= 11 is 3.61. The molecule has 2 unspecified atom stereocenters. The van der Waals surface area contributed by atoms with Crippen molar-refractivity contribution in [2.45, 2.75) is 57.4 Å². The molecule has 0 aromatic heterocycles. The Morgan fingerprint density at radius 1 is 1.30 bits per heavy atom. The summed E-state index contributed by atoms with van der Waals surface area (Å²) < 4.78 is 12.8. The first-order chi connectivity index (χ1) is 9.70. The highest BCUT2D eigenvalue weighted by Gasteiger charge is 2.22. The molecule has 3 rings (SSSR count). The largest absolute Gasteiger partial charge is 0.491 e. The van der Waals surface area contributed by atoms with E-state index in [1.165, 1.54) is 18.4 Å². The van der Waals surface area contributed by atoms with Gasteiger partial charge in [0.2, 0.25) is 0 Å². The van der Waals surface area contributed by atoms with Crippen LogP contribution in [0.1, 0.15) is 38.2 Å². The number of hydrogen-bond donors (Lipinski definition) is 1. The quantitative estimate of drug-likeness (QED) is 0.858. The van der Waals surface area contributed by atoms with Crippen molar-refractivity contribution in [3.63, 3.8) is 0 Å². The standard InChI is InChI=1S/C16H22BrNO2/c1-11-2-5-15(20-11)10-19-14-6-7-16(17)12(8-14)9-18-13-3-4-13/h6-8,11,13,15,18H,2-5,9-10H2,1H3. The van der Waals surface area contributed by atoms with Gasteiger partial charge in [0.15, 0.2) is 0 Å². The van der Waals surface area contributed by atoms with Crippen LogP contribution in [0.25, 0.3) is 0 Å². The first-order valence-electron chi connectivity index (χ1n) is 7.51. The fraction of sp³-hybridized carbons (Fsp3) is 0.625. The Bertz CT molecular complexity index is 462. The third-order valence-corrected chi connectivity index (χ3v) is 4.71. The van der Waals surface area contributed by atoms with E-state index in [1.54, 1.807) is 0 Å². The zero-order valence-corrected chi connectivity index (χ0v) is 13.5. The molecule has 2 atom stereocenters. The summed E-state index contributed by atoms with van der Waals surface area (Å²) in [5.74, 6) is 0.934. The topological polar surface area (TPSA) is 30.5 Å². The van der Waals surface area contributed by atoms with E-state index in [0.29, 0.717) is 12.7 Å². The first kappa shape index (κ1) is 14.4. The number of nitrogens with one attached hydrogen (secondary N) is 1. The summed E-state index contributed by atoms with van der Waals surface area (Å²) in [6.07, 6.45) is 5.50. The molecule has 2 fully saturated rings. The minimum atomic E-state index is 0.252. The number of halogens is 1. The van der Waals surface area contributed by atoms with Gasteiger partial charge in [-0.2, -0.15) is 0 Å². The fourth-order valence-electron chi connectivity index (χ4n) is 2.52. The van der Waals surface area contributed by atoms with Crippen molar-refractivity contribution in [2.24, 2.45) is 0 Å². The maximum Gasteiger partial charge on any atom is 0.119 e. The van der Waals surface area contributed by atoms with Crippen LogP contribution in [0.4, 0.5) is 0 Å². The molecule has 0 spiro atoms. The molecule has 3 nitrogen and oxygen atoms in total. The lowest BCUT2D eigenvalue weighted by Crippen LogP contribution is -2.18. The van der Waals surface area contributed by atoms with Crippen LogP contribution in [0.15, 0.2) is 22.7 Å². The molecule has 1 heterocycles. The van der Waals surface area contributed by atoms with Gasteiger partial charge in [0, 0.05) is 17.1 Å². The van der Waals surface area contributed by atoms with Gasteiger partial charge in [0.05, 0.1) is 12.2 Å². The van der Waals surface area contributed by atoms with Crippen molar-refractivity contribution >= 4 is 15.9 Å². The van der Waals surface area contributed by atoms with Crippen LogP contribution in [0.5, 0.6) is 5.75 Å². The molecule has 1 aliphatic carbocycles. The number of rotatable bonds is 6. The molecule has 4 heteroatoms. The Balaban J connectivity index is 1.53. The van der Waals surface area contributed by atoms with Crippen LogP contribution in [-0.2, 0) is 11.3 Å². The Labute approximate surface area is 129 Å². The van der Waals surface area contributed by atoms with Gasteiger partial charge in [-0.3, -0.25) is 0 Å². The molecule has 1 aromatic rings. The number of ether oxygens (including phenoxy) is 2. The molecule has 20 heavy (non-hydrogen) atoms. The van der Waals surface area contributed by atoms with Crippen molar-refractivity contribution in [2.75, 3.05) is 6.61 Å². The lowest BCUT2D eigenvalue weighted by molar-refractivity contribution is 0.0264. The van der Waals surface area contributed by atoms with Crippen LogP contribution >= 0.6 is 15.9 Å². The van der Waals surface area contributed by atoms with E-state index in [1.807, 2.05) is 6.07 Å². The monoisotopic (exact) mass is 339 g/mol. The van der Waals surface area contributed by atoms with Crippen LogP contribution in [0, 0.1) is 0 Å². The van der Waals surface area contributed by atoms with E-state index in [2.05, 4.69) is 40.3 Å². The molecule has 1 aromatic carbocycles. The van der Waals surface area contributed by atoms with E-state index in [9.17, 15) is 0 Å². The van der Waals surface area contributed by atoms with Gasteiger partial charge in [-0.15, -0.1) is 0 Å². The van der Waals surface area contributed by atoms with Gasteiger partial charge < -0.3 is 14.8 Å². The fourth-order valence-corrected chi connectivity index (χ4v) is 2.90. The average molecular weight is 340 g/mol. The summed E-state index contributed by atoms with van der Waals surface area (Å²) in [4.78, 5) is 0. The summed E-state index contributed by atoms with van der Waals surface area (Å²) in [6.45, 7) is 3.68. The minimum absolute atomic E-state index is 0.252. The second kappa shape index (κ2) is 6.46.